The summed E-state index contributed by atoms with van der Waals surface area (Å²) in [4.78, 5) is 55.8. The lowest BCUT2D eigenvalue weighted by Crippen LogP contribution is -2.35. The fourth-order valence-electron chi connectivity index (χ4n) is 4.42. The van der Waals surface area contributed by atoms with Crippen LogP contribution in [0.1, 0.15) is 52.2 Å². The minimum atomic E-state index is -1.14. The number of carboxylic acids is 1. The van der Waals surface area contributed by atoms with Gasteiger partial charge >= 0.3 is 5.97 Å². The van der Waals surface area contributed by atoms with Gasteiger partial charge in [0.1, 0.15) is 17.1 Å². The van der Waals surface area contributed by atoms with Crippen molar-refractivity contribution in [3.05, 3.63) is 53.4 Å². The van der Waals surface area contributed by atoms with Gasteiger partial charge in [0.2, 0.25) is 17.6 Å². The molecule has 188 valence electrons. The van der Waals surface area contributed by atoms with Crippen LogP contribution >= 0.6 is 0 Å². The highest BCUT2D eigenvalue weighted by Gasteiger charge is 2.32. The second-order valence-corrected chi connectivity index (χ2v) is 9.27. The number of pyridine rings is 1. The number of carbonyl (C=O) groups is 4. The summed E-state index contributed by atoms with van der Waals surface area (Å²) in [6.45, 7) is 1.87. The summed E-state index contributed by atoms with van der Waals surface area (Å²) in [5.41, 5.74) is 1.29. The quantitative estimate of drug-likeness (QED) is 0.473. The van der Waals surface area contributed by atoms with Gasteiger partial charge in [-0.25, -0.2) is 9.78 Å². The van der Waals surface area contributed by atoms with Gasteiger partial charge in [-0.2, -0.15) is 0 Å². The molecule has 3 amide bonds. The first-order valence-electron chi connectivity index (χ1n) is 11.7. The standard InChI is InChI=1S/C26H28N4O6/c1-14-4-11-20(27-13-14)28-24(32)22-21(18-12-17(26(34)35)9-10-19(18)36-22)29-23(31)15-5-7-16(8-6-15)25(33)30(2)3/h4,9-13,15-16H,5-8H2,1-3H3,(H,29,31)(H,34,35)(H,27,28,32)/t15-,16-. The number of furan rings is 1. The molecule has 0 aliphatic heterocycles. The van der Waals surface area contributed by atoms with Crippen LogP contribution in [0.4, 0.5) is 11.5 Å². The minimum absolute atomic E-state index is 0.00587. The average Bonchev–Trinajstić information content (AvgIpc) is 3.22. The highest BCUT2D eigenvalue weighted by molar-refractivity contribution is 6.15. The van der Waals surface area contributed by atoms with Gasteiger partial charge in [0.25, 0.3) is 5.91 Å². The Labute approximate surface area is 207 Å². The van der Waals surface area contributed by atoms with Crippen molar-refractivity contribution >= 4 is 46.2 Å². The molecule has 10 heteroatoms. The van der Waals surface area contributed by atoms with E-state index in [4.69, 9.17) is 4.42 Å². The van der Waals surface area contributed by atoms with E-state index in [1.54, 1.807) is 37.3 Å². The molecular formula is C26H28N4O6. The molecule has 1 fully saturated rings. The maximum atomic E-state index is 13.2. The molecule has 1 aliphatic carbocycles. The van der Waals surface area contributed by atoms with Gasteiger partial charge in [-0.3, -0.25) is 14.4 Å². The van der Waals surface area contributed by atoms with Crippen LogP contribution in [0, 0.1) is 18.8 Å². The summed E-state index contributed by atoms with van der Waals surface area (Å²) in [6, 6.07) is 7.62. The molecule has 3 N–H and O–H groups in total. The average molecular weight is 493 g/mol. The summed E-state index contributed by atoms with van der Waals surface area (Å²) in [5.74, 6) is -2.34. The van der Waals surface area contributed by atoms with Crippen molar-refractivity contribution in [1.82, 2.24) is 9.88 Å². The molecule has 0 spiro atoms. The topological polar surface area (TPSA) is 142 Å². The minimum Gasteiger partial charge on any atom is -0.478 e. The Hall–Kier alpha value is -4.21. The van der Waals surface area contributed by atoms with E-state index in [0.717, 1.165) is 5.56 Å². The number of nitrogens with one attached hydrogen (secondary N) is 2. The Morgan fingerprint density at radius 2 is 1.69 bits per heavy atom. The molecule has 10 nitrogen and oxygen atoms in total. The first-order valence-corrected chi connectivity index (χ1v) is 11.7. The predicted octanol–water partition coefficient (Wildman–Crippen LogP) is 3.92. The third-order valence-electron chi connectivity index (χ3n) is 6.43. The molecule has 1 aromatic carbocycles. The SMILES string of the molecule is Cc1ccc(NC(=O)c2oc3ccc(C(=O)O)cc3c2NC(=O)[C@H]2CC[C@H](C(=O)N(C)C)CC2)nc1. The highest BCUT2D eigenvalue weighted by Crippen LogP contribution is 2.35. The van der Waals surface area contributed by atoms with Crippen LogP contribution in [0.15, 0.2) is 40.9 Å². The summed E-state index contributed by atoms with van der Waals surface area (Å²) >= 11 is 0. The van der Waals surface area contributed by atoms with E-state index in [1.165, 1.54) is 18.2 Å². The molecule has 4 rings (SSSR count). The predicted molar refractivity (Wildman–Crippen MR) is 133 cm³/mol. The lowest BCUT2D eigenvalue weighted by Gasteiger charge is -2.28. The summed E-state index contributed by atoms with van der Waals surface area (Å²) in [5, 5.41) is 15.2. The van der Waals surface area contributed by atoms with E-state index >= 15 is 0 Å². The van der Waals surface area contributed by atoms with E-state index in [2.05, 4.69) is 15.6 Å². The fraction of sp³-hybridized carbons (Fsp3) is 0.346. The van der Waals surface area contributed by atoms with Gasteiger partial charge in [-0.05, 0) is 62.4 Å². The number of fused-ring (bicyclic) bond motifs is 1. The van der Waals surface area contributed by atoms with E-state index in [-0.39, 0.29) is 46.2 Å². The normalized spacial score (nSPS) is 17.4. The van der Waals surface area contributed by atoms with Gasteiger partial charge in [-0.1, -0.05) is 6.07 Å². The van der Waals surface area contributed by atoms with Crippen molar-refractivity contribution in [3.8, 4) is 0 Å². The number of aromatic nitrogens is 1. The number of hydrogen-bond donors (Lipinski definition) is 3. The zero-order valence-electron chi connectivity index (χ0n) is 20.3. The van der Waals surface area contributed by atoms with Crippen LogP contribution in [0.25, 0.3) is 11.0 Å². The number of benzene rings is 1. The van der Waals surface area contributed by atoms with Crippen molar-refractivity contribution in [1.29, 1.82) is 0 Å². The first-order chi connectivity index (χ1) is 17.1. The number of anilines is 2. The van der Waals surface area contributed by atoms with Gasteiger partial charge in [0.15, 0.2) is 0 Å². The van der Waals surface area contributed by atoms with E-state index in [0.29, 0.717) is 36.9 Å². The zero-order valence-corrected chi connectivity index (χ0v) is 20.3. The Morgan fingerprint density at radius 1 is 1.00 bits per heavy atom. The van der Waals surface area contributed by atoms with Gasteiger partial charge in [0.05, 0.1) is 5.56 Å². The summed E-state index contributed by atoms with van der Waals surface area (Å²) in [7, 11) is 3.43. The lowest BCUT2D eigenvalue weighted by molar-refractivity contribution is -0.135. The number of carboxylic acid groups (broad SMARTS) is 1. The number of aromatic carboxylic acids is 1. The number of rotatable bonds is 6. The van der Waals surface area contributed by atoms with Crippen LogP contribution in [-0.4, -0.2) is 52.8 Å². The van der Waals surface area contributed by atoms with Crippen molar-refractivity contribution in [2.75, 3.05) is 24.7 Å². The van der Waals surface area contributed by atoms with Crippen molar-refractivity contribution in [2.45, 2.75) is 32.6 Å². The van der Waals surface area contributed by atoms with Crippen molar-refractivity contribution in [3.63, 3.8) is 0 Å². The molecule has 2 heterocycles. The molecule has 2 aromatic heterocycles. The van der Waals surface area contributed by atoms with Gasteiger partial charge in [-0.15, -0.1) is 0 Å². The first kappa shape index (κ1) is 24.9. The van der Waals surface area contributed by atoms with Crippen LogP contribution < -0.4 is 10.6 Å². The van der Waals surface area contributed by atoms with Crippen molar-refractivity contribution in [2.24, 2.45) is 11.8 Å². The fourth-order valence-corrected chi connectivity index (χ4v) is 4.42. The molecule has 3 aromatic rings. The second-order valence-electron chi connectivity index (χ2n) is 9.27. The summed E-state index contributed by atoms with van der Waals surface area (Å²) in [6.07, 6.45) is 3.85. The van der Waals surface area contributed by atoms with E-state index < -0.39 is 11.9 Å². The molecule has 1 saturated carbocycles. The third kappa shape index (κ3) is 5.22. The van der Waals surface area contributed by atoms with E-state index in [9.17, 15) is 24.3 Å². The zero-order chi connectivity index (χ0) is 26.0. The number of hydrogen-bond acceptors (Lipinski definition) is 6. The number of aryl methyl sites for hydroxylation is 1. The maximum Gasteiger partial charge on any atom is 0.335 e. The Kier molecular flexibility index (Phi) is 7.05. The molecule has 36 heavy (non-hydrogen) atoms. The molecule has 1 aliphatic rings. The Balaban J connectivity index is 1.60. The second kappa shape index (κ2) is 10.2. The molecule has 0 atom stereocenters. The van der Waals surface area contributed by atoms with Crippen LogP contribution in [-0.2, 0) is 9.59 Å². The third-order valence-corrected chi connectivity index (χ3v) is 6.43. The molecule has 0 bridgehead atoms. The van der Waals surface area contributed by atoms with Gasteiger partial charge in [0, 0.05) is 37.5 Å². The van der Waals surface area contributed by atoms with Gasteiger partial charge < -0.3 is 25.1 Å². The Bertz CT molecular complexity index is 1320. The lowest BCUT2D eigenvalue weighted by atomic mass is 9.81. The van der Waals surface area contributed by atoms with Crippen LogP contribution in [0.5, 0.6) is 0 Å². The Morgan fingerprint density at radius 3 is 2.31 bits per heavy atom. The largest absolute Gasteiger partial charge is 0.478 e. The van der Waals surface area contributed by atoms with Crippen LogP contribution in [0.2, 0.25) is 0 Å². The monoisotopic (exact) mass is 492 g/mol. The maximum absolute atomic E-state index is 13.2. The van der Waals surface area contributed by atoms with Crippen LogP contribution in [0.3, 0.4) is 0 Å². The highest BCUT2D eigenvalue weighted by atomic mass is 16.4. The smallest absolute Gasteiger partial charge is 0.335 e. The molecule has 0 saturated heterocycles. The van der Waals surface area contributed by atoms with Crippen molar-refractivity contribution < 1.29 is 28.7 Å². The number of nitrogens with zero attached hydrogens (tertiary/aromatic N) is 2. The molecule has 0 radical (unpaired) electrons. The van der Waals surface area contributed by atoms with E-state index in [1.807, 2.05) is 6.92 Å². The molecular weight excluding hydrogens is 464 g/mol. The summed E-state index contributed by atoms with van der Waals surface area (Å²) < 4.78 is 5.76. The number of amides is 3. The molecule has 0 unspecified atom stereocenters. The number of carbonyl (C=O) groups excluding carboxylic acids is 3.